The number of hydrogen-bond donors (Lipinski definition) is 0. The highest BCUT2D eigenvalue weighted by Gasteiger charge is 1.98. The molecule has 0 unspecified atom stereocenters. The average molecular weight is 205 g/mol. The number of aromatic nitrogens is 1. The molecule has 0 fully saturated rings. The van der Waals surface area contributed by atoms with E-state index in [4.69, 9.17) is 5.53 Å². The minimum Gasteiger partial charge on any atom is -0.306 e. The van der Waals surface area contributed by atoms with Gasteiger partial charge in [0.2, 0.25) is 0 Å². The zero-order valence-corrected chi connectivity index (χ0v) is 8.87. The van der Waals surface area contributed by atoms with Gasteiger partial charge in [0.1, 0.15) is 0 Å². The molecule has 80 valence electrons. The third-order valence-corrected chi connectivity index (χ3v) is 2.12. The topological polar surface area (TPSA) is 64.9 Å². The maximum absolute atomic E-state index is 8.12. The molecule has 0 amide bonds. The monoisotopic (exact) mass is 205 g/mol. The van der Waals surface area contributed by atoms with Gasteiger partial charge in [-0.1, -0.05) is 11.2 Å². The lowest BCUT2D eigenvalue weighted by Gasteiger charge is -2.14. The fourth-order valence-corrected chi connectivity index (χ4v) is 1.22. The Morgan fingerprint density at radius 3 is 3.00 bits per heavy atom. The van der Waals surface area contributed by atoms with Crippen molar-refractivity contribution in [2.75, 3.05) is 26.7 Å². The Balaban J connectivity index is 2.22. The first-order chi connectivity index (χ1) is 7.33. The number of pyridine rings is 1. The van der Waals surface area contributed by atoms with Gasteiger partial charge in [-0.3, -0.25) is 4.98 Å². The Hall–Kier alpha value is -1.58. The van der Waals surface area contributed by atoms with Crippen molar-refractivity contribution in [3.05, 3.63) is 40.5 Å². The largest absolute Gasteiger partial charge is 0.306 e. The predicted molar refractivity (Wildman–Crippen MR) is 59.5 cm³/mol. The van der Waals surface area contributed by atoms with Crippen LogP contribution in [0.15, 0.2) is 29.5 Å². The maximum Gasteiger partial charge on any atom is 0.0416 e. The highest BCUT2D eigenvalue weighted by molar-refractivity contribution is 5.03. The number of nitrogens with zero attached hydrogens (tertiary/aromatic N) is 5. The molecule has 1 heterocycles. The molecule has 0 spiro atoms. The summed E-state index contributed by atoms with van der Waals surface area (Å²) in [5.41, 5.74) is 9.21. The van der Waals surface area contributed by atoms with Crippen molar-refractivity contribution >= 4 is 0 Å². The van der Waals surface area contributed by atoms with Crippen molar-refractivity contribution in [1.29, 1.82) is 0 Å². The first-order valence-electron chi connectivity index (χ1n) is 4.92. The fraction of sp³-hybridized carbons (Fsp3) is 0.500. The number of hydrogen-bond acceptors (Lipinski definition) is 3. The number of rotatable bonds is 6. The van der Waals surface area contributed by atoms with Crippen molar-refractivity contribution < 1.29 is 0 Å². The van der Waals surface area contributed by atoms with Gasteiger partial charge in [-0.2, -0.15) is 0 Å². The second kappa shape index (κ2) is 6.81. The summed E-state index contributed by atoms with van der Waals surface area (Å²) in [6, 6.07) is 5.92. The Morgan fingerprint density at radius 1 is 1.47 bits per heavy atom. The minimum atomic E-state index is 0.523. The van der Waals surface area contributed by atoms with Crippen LogP contribution in [0.4, 0.5) is 0 Å². The van der Waals surface area contributed by atoms with Crippen LogP contribution in [0, 0.1) is 0 Å². The molecule has 0 atom stereocenters. The van der Waals surface area contributed by atoms with E-state index < -0.39 is 0 Å². The molecule has 0 aliphatic rings. The lowest BCUT2D eigenvalue weighted by atomic mass is 10.2. The molecular weight excluding hydrogens is 190 g/mol. The SMILES string of the molecule is CN(CCN=[N+]=[N-])CCc1ccccn1. The van der Waals surface area contributed by atoms with E-state index in [2.05, 4.69) is 19.9 Å². The summed E-state index contributed by atoms with van der Waals surface area (Å²) in [4.78, 5) is 9.08. The molecule has 0 aliphatic carbocycles. The summed E-state index contributed by atoms with van der Waals surface area (Å²) in [5.74, 6) is 0. The van der Waals surface area contributed by atoms with Crippen LogP contribution >= 0.6 is 0 Å². The minimum absolute atomic E-state index is 0.523. The normalized spacial score (nSPS) is 10.0. The lowest BCUT2D eigenvalue weighted by molar-refractivity contribution is 0.346. The molecule has 0 bridgehead atoms. The molecule has 0 aromatic carbocycles. The van der Waals surface area contributed by atoms with Crippen LogP contribution in [0.2, 0.25) is 0 Å². The van der Waals surface area contributed by atoms with Gasteiger partial charge < -0.3 is 4.90 Å². The van der Waals surface area contributed by atoms with Gasteiger partial charge in [0, 0.05) is 42.9 Å². The maximum atomic E-state index is 8.12. The Morgan fingerprint density at radius 2 is 2.33 bits per heavy atom. The van der Waals surface area contributed by atoms with Gasteiger partial charge in [-0.25, -0.2) is 0 Å². The van der Waals surface area contributed by atoms with E-state index in [9.17, 15) is 0 Å². The van der Waals surface area contributed by atoms with Crippen LogP contribution in [0.5, 0.6) is 0 Å². The Labute approximate surface area is 89.4 Å². The predicted octanol–water partition coefficient (Wildman–Crippen LogP) is 1.87. The zero-order chi connectivity index (χ0) is 10.9. The molecule has 1 aromatic heterocycles. The van der Waals surface area contributed by atoms with Gasteiger partial charge in [0.25, 0.3) is 0 Å². The third kappa shape index (κ3) is 5.00. The molecule has 15 heavy (non-hydrogen) atoms. The summed E-state index contributed by atoms with van der Waals surface area (Å²) < 4.78 is 0. The van der Waals surface area contributed by atoms with Crippen molar-refractivity contribution in [2.24, 2.45) is 5.11 Å². The van der Waals surface area contributed by atoms with E-state index in [1.807, 2.05) is 25.2 Å². The van der Waals surface area contributed by atoms with Gasteiger partial charge in [0.05, 0.1) is 0 Å². The molecule has 1 aromatic rings. The van der Waals surface area contributed by atoms with Gasteiger partial charge in [-0.15, -0.1) is 0 Å². The lowest BCUT2D eigenvalue weighted by Crippen LogP contribution is -2.24. The van der Waals surface area contributed by atoms with Crippen molar-refractivity contribution in [3.63, 3.8) is 0 Å². The van der Waals surface area contributed by atoms with E-state index in [1.165, 1.54) is 0 Å². The van der Waals surface area contributed by atoms with Gasteiger partial charge in [0.15, 0.2) is 0 Å². The van der Waals surface area contributed by atoms with E-state index in [1.54, 1.807) is 6.20 Å². The van der Waals surface area contributed by atoms with Gasteiger partial charge >= 0.3 is 0 Å². The van der Waals surface area contributed by atoms with Crippen molar-refractivity contribution in [3.8, 4) is 0 Å². The summed E-state index contributed by atoms with van der Waals surface area (Å²) >= 11 is 0. The summed E-state index contributed by atoms with van der Waals surface area (Å²) in [6.07, 6.45) is 2.73. The third-order valence-electron chi connectivity index (χ3n) is 2.12. The van der Waals surface area contributed by atoms with Crippen LogP contribution in [0.1, 0.15) is 5.69 Å². The average Bonchev–Trinajstić information content (AvgIpc) is 2.28. The molecular formula is C10H15N5. The van der Waals surface area contributed by atoms with Crippen molar-refractivity contribution in [2.45, 2.75) is 6.42 Å². The highest BCUT2D eigenvalue weighted by Crippen LogP contribution is 1.96. The van der Waals surface area contributed by atoms with Crippen LogP contribution < -0.4 is 0 Å². The number of azide groups is 1. The van der Waals surface area contributed by atoms with Crippen molar-refractivity contribution in [1.82, 2.24) is 9.88 Å². The van der Waals surface area contributed by atoms with Gasteiger partial charge in [-0.05, 0) is 24.7 Å². The van der Waals surface area contributed by atoms with E-state index in [0.717, 1.165) is 25.2 Å². The second-order valence-corrected chi connectivity index (χ2v) is 3.33. The Bertz CT molecular complexity index is 318. The molecule has 1 rings (SSSR count). The van der Waals surface area contributed by atoms with Crippen LogP contribution in [-0.4, -0.2) is 36.6 Å². The van der Waals surface area contributed by atoms with Crippen LogP contribution in [-0.2, 0) is 6.42 Å². The summed E-state index contributed by atoms with van der Waals surface area (Å²) in [6.45, 7) is 2.24. The fourth-order valence-electron chi connectivity index (χ4n) is 1.22. The second-order valence-electron chi connectivity index (χ2n) is 3.33. The summed E-state index contributed by atoms with van der Waals surface area (Å²) in [5, 5.41) is 3.49. The molecule has 5 nitrogen and oxygen atoms in total. The summed E-state index contributed by atoms with van der Waals surface area (Å²) in [7, 11) is 2.01. The van der Waals surface area contributed by atoms with E-state index in [-0.39, 0.29) is 0 Å². The zero-order valence-electron chi connectivity index (χ0n) is 8.87. The molecule has 0 saturated carbocycles. The first-order valence-corrected chi connectivity index (χ1v) is 4.92. The molecule has 0 radical (unpaired) electrons. The smallest absolute Gasteiger partial charge is 0.0416 e. The quantitative estimate of drug-likeness (QED) is 0.404. The standard InChI is InChI=1S/C10H15N5/c1-15(9-7-13-14-11)8-5-10-4-2-3-6-12-10/h2-4,6H,5,7-9H2,1H3. The first kappa shape index (κ1) is 11.5. The van der Waals surface area contributed by atoms with Crippen LogP contribution in [0.25, 0.3) is 10.4 Å². The van der Waals surface area contributed by atoms with E-state index in [0.29, 0.717) is 6.54 Å². The highest BCUT2D eigenvalue weighted by atomic mass is 15.2. The number of likely N-dealkylation sites (N-methyl/N-ethyl adjacent to an activating group) is 1. The molecule has 0 N–H and O–H groups in total. The molecule has 5 heteroatoms. The van der Waals surface area contributed by atoms with Crippen LogP contribution in [0.3, 0.4) is 0 Å². The molecule has 0 saturated heterocycles. The Kier molecular flexibility index (Phi) is 5.22. The molecule has 0 aliphatic heterocycles. The van der Waals surface area contributed by atoms with E-state index >= 15 is 0 Å².